The van der Waals surface area contributed by atoms with E-state index in [-0.39, 0.29) is 23.8 Å². The number of carbonyl (C=O) groups excluding carboxylic acids is 1. The first-order valence-electron chi connectivity index (χ1n) is 9.42. The van der Waals surface area contributed by atoms with Gasteiger partial charge in [0.15, 0.2) is 11.5 Å². The molecule has 0 fully saturated rings. The Kier molecular flexibility index (Phi) is 6.81. The lowest BCUT2D eigenvalue weighted by Crippen LogP contribution is -2.55. The standard InChI is InChI=1S/C20H21ClN4O6/c1-3-6-23-18(27)24(7-4-2)20(29)25(19(23)28)12-17(26)22-14-11-16-15(10-13(14)21)30-8-5-9-31-16/h3-4,10-11H,1-2,5-9,12H2,(H,22,26). The van der Waals surface area contributed by atoms with Gasteiger partial charge in [-0.1, -0.05) is 23.8 Å². The third-order valence-electron chi connectivity index (χ3n) is 4.42. The first-order chi connectivity index (χ1) is 14.9. The van der Waals surface area contributed by atoms with Crippen LogP contribution in [0.3, 0.4) is 0 Å². The van der Waals surface area contributed by atoms with Crippen LogP contribution in [-0.2, 0) is 24.4 Å². The number of rotatable bonds is 7. The molecule has 2 aromatic rings. The molecule has 0 radical (unpaired) electrons. The van der Waals surface area contributed by atoms with Gasteiger partial charge in [0.05, 0.1) is 37.0 Å². The molecule has 31 heavy (non-hydrogen) atoms. The molecule has 0 unspecified atom stereocenters. The number of hydrogen-bond acceptors (Lipinski definition) is 6. The number of carbonyl (C=O) groups is 1. The molecule has 0 atom stereocenters. The van der Waals surface area contributed by atoms with Gasteiger partial charge in [0.2, 0.25) is 5.91 Å². The fraction of sp³-hybridized carbons (Fsp3) is 0.300. The summed E-state index contributed by atoms with van der Waals surface area (Å²) in [5.74, 6) is 0.187. The number of allylic oxidation sites excluding steroid dienone is 2. The van der Waals surface area contributed by atoms with Crippen LogP contribution in [0.2, 0.25) is 5.02 Å². The predicted molar refractivity (Wildman–Crippen MR) is 115 cm³/mol. The molecule has 1 N–H and O–H groups in total. The molecule has 1 aromatic carbocycles. The summed E-state index contributed by atoms with van der Waals surface area (Å²) in [4.78, 5) is 50.3. The molecule has 1 amide bonds. The molecule has 1 aliphatic heterocycles. The zero-order valence-corrected chi connectivity index (χ0v) is 17.4. The quantitative estimate of drug-likeness (QED) is 0.632. The Morgan fingerprint density at radius 1 is 0.968 bits per heavy atom. The maximum absolute atomic E-state index is 12.6. The molecule has 3 rings (SSSR count). The number of anilines is 1. The van der Waals surface area contributed by atoms with Crippen molar-refractivity contribution in [3.63, 3.8) is 0 Å². The van der Waals surface area contributed by atoms with Crippen molar-refractivity contribution in [1.29, 1.82) is 0 Å². The van der Waals surface area contributed by atoms with E-state index in [1.165, 1.54) is 24.3 Å². The van der Waals surface area contributed by atoms with Crippen molar-refractivity contribution in [3.8, 4) is 11.5 Å². The van der Waals surface area contributed by atoms with Crippen molar-refractivity contribution in [1.82, 2.24) is 13.7 Å². The predicted octanol–water partition coefficient (Wildman–Crippen LogP) is 0.997. The number of halogens is 1. The molecule has 0 saturated heterocycles. The highest BCUT2D eigenvalue weighted by molar-refractivity contribution is 6.34. The van der Waals surface area contributed by atoms with Crippen LogP contribution in [-0.4, -0.2) is 32.8 Å². The van der Waals surface area contributed by atoms with Crippen molar-refractivity contribution >= 4 is 23.2 Å². The van der Waals surface area contributed by atoms with Crippen LogP contribution in [0.4, 0.5) is 5.69 Å². The molecule has 0 aliphatic carbocycles. The van der Waals surface area contributed by atoms with Crippen LogP contribution in [0.25, 0.3) is 0 Å². The number of amides is 1. The maximum atomic E-state index is 12.6. The van der Waals surface area contributed by atoms with E-state index in [4.69, 9.17) is 21.1 Å². The number of benzene rings is 1. The summed E-state index contributed by atoms with van der Waals surface area (Å²) < 4.78 is 13.4. The maximum Gasteiger partial charge on any atom is 0.337 e. The van der Waals surface area contributed by atoms with E-state index in [0.717, 1.165) is 9.13 Å². The summed E-state index contributed by atoms with van der Waals surface area (Å²) in [6.07, 6.45) is 3.38. The van der Waals surface area contributed by atoms with Gasteiger partial charge in [-0.25, -0.2) is 28.1 Å². The second-order valence-electron chi connectivity index (χ2n) is 6.61. The number of ether oxygens (including phenoxy) is 2. The van der Waals surface area contributed by atoms with Gasteiger partial charge in [0.1, 0.15) is 6.54 Å². The molecule has 0 bridgehead atoms. The minimum absolute atomic E-state index is 0.120. The Balaban J connectivity index is 1.94. The van der Waals surface area contributed by atoms with E-state index in [1.54, 1.807) is 0 Å². The van der Waals surface area contributed by atoms with Crippen molar-refractivity contribution in [2.24, 2.45) is 0 Å². The molecule has 11 heteroatoms. The number of nitrogens with zero attached hydrogens (tertiary/aromatic N) is 3. The normalized spacial score (nSPS) is 12.7. The second-order valence-corrected chi connectivity index (χ2v) is 7.02. The molecule has 2 heterocycles. The Morgan fingerprint density at radius 3 is 2.03 bits per heavy atom. The van der Waals surface area contributed by atoms with Crippen molar-refractivity contribution in [2.45, 2.75) is 26.1 Å². The highest BCUT2D eigenvalue weighted by atomic mass is 35.5. The molecular weight excluding hydrogens is 428 g/mol. The Bertz CT molecular complexity index is 1160. The van der Waals surface area contributed by atoms with Crippen LogP contribution >= 0.6 is 11.6 Å². The van der Waals surface area contributed by atoms with Crippen molar-refractivity contribution in [2.75, 3.05) is 18.5 Å². The van der Waals surface area contributed by atoms with Gasteiger partial charge in [0.25, 0.3) is 0 Å². The average molecular weight is 449 g/mol. The van der Waals surface area contributed by atoms with E-state index >= 15 is 0 Å². The van der Waals surface area contributed by atoms with Crippen molar-refractivity contribution < 1.29 is 14.3 Å². The Hall–Kier alpha value is -3.53. The smallest absolute Gasteiger partial charge is 0.337 e. The van der Waals surface area contributed by atoms with Gasteiger partial charge >= 0.3 is 17.1 Å². The third kappa shape index (κ3) is 4.64. The minimum Gasteiger partial charge on any atom is -0.490 e. The first-order valence-corrected chi connectivity index (χ1v) is 9.80. The summed E-state index contributed by atoms with van der Waals surface area (Å²) in [7, 11) is 0. The fourth-order valence-corrected chi connectivity index (χ4v) is 3.20. The highest BCUT2D eigenvalue weighted by Crippen LogP contribution is 2.37. The molecule has 0 spiro atoms. The largest absolute Gasteiger partial charge is 0.490 e. The summed E-state index contributed by atoms with van der Waals surface area (Å²) in [5.41, 5.74) is -2.42. The second kappa shape index (κ2) is 9.52. The third-order valence-corrected chi connectivity index (χ3v) is 4.73. The SMILES string of the molecule is C=CCn1c(=O)n(CC=C)c(=O)n(CC(=O)Nc2cc3c(cc2Cl)OCCCO3)c1=O. The highest BCUT2D eigenvalue weighted by Gasteiger charge is 2.19. The average Bonchev–Trinajstić information content (AvgIpc) is 2.97. The molecule has 164 valence electrons. The molecule has 10 nitrogen and oxygen atoms in total. The zero-order chi connectivity index (χ0) is 22.5. The van der Waals surface area contributed by atoms with Gasteiger partial charge in [-0.15, -0.1) is 13.2 Å². The summed E-state index contributed by atoms with van der Waals surface area (Å²) in [6.45, 7) is 7.07. The Labute approximate surface area is 181 Å². The van der Waals surface area contributed by atoms with Crippen LogP contribution in [0.5, 0.6) is 11.5 Å². The number of nitrogens with one attached hydrogen (secondary N) is 1. The minimum atomic E-state index is -0.921. The molecule has 1 aromatic heterocycles. The van der Waals surface area contributed by atoms with Crippen LogP contribution in [0.15, 0.2) is 51.8 Å². The van der Waals surface area contributed by atoms with Gasteiger partial charge in [-0.05, 0) is 0 Å². The fourth-order valence-electron chi connectivity index (χ4n) is 3.00. The summed E-state index contributed by atoms with van der Waals surface area (Å²) >= 11 is 6.23. The number of aromatic nitrogens is 3. The molecule has 1 aliphatic rings. The van der Waals surface area contributed by atoms with Gasteiger partial charge in [-0.2, -0.15) is 0 Å². The van der Waals surface area contributed by atoms with E-state index in [9.17, 15) is 19.2 Å². The number of fused-ring (bicyclic) bond motifs is 1. The Morgan fingerprint density at radius 2 is 1.48 bits per heavy atom. The van der Waals surface area contributed by atoms with Gasteiger partial charge in [0, 0.05) is 18.6 Å². The lowest BCUT2D eigenvalue weighted by Gasteiger charge is -2.14. The lowest BCUT2D eigenvalue weighted by atomic mass is 10.2. The summed E-state index contributed by atoms with van der Waals surface area (Å²) in [5, 5.41) is 2.76. The zero-order valence-electron chi connectivity index (χ0n) is 16.6. The van der Waals surface area contributed by atoms with Crippen LogP contribution < -0.4 is 31.9 Å². The monoisotopic (exact) mass is 448 g/mol. The van der Waals surface area contributed by atoms with Crippen molar-refractivity contribution in [3.05, 3.63) is 73.9 Å². The first kappa shape index (κ1) is 22.2. The van der Waals surface area contributed by atoms with E-state index in [2.05, 4.69) is 18.5 Å². The number of hydrogen-bond donors (Lipinski definition) is 1. The summed E-state index contributed by atoms with van der Waals surface area (Å²) in [6, 6.07) is 3.03. The van der Waals surface area contributed by atoms with E-state index < -0.39 is 29.5 Å². The molecule has 0 saturated carbocycles. The van der Waals surface area contributed by atoms with Crippen LogP contribution in [0.1, 0.15) is 6.42 Å². The van der Waals surface area contributed by atoms with Gasteiger partial charge < -0.3 is 14.8 Å². The van der Waals surface area contributed by atoms with Crippen LogP contribution in [0, 0.1) is 0 Å². The van der Waals surface area contributed by atoms with E-state index in [0.29, 0.717) is 35.7 Å². The molecular formula is C20H21ClN4O6. The lowest BCUT2D eigenvalue weighted by molar-refractivity contribution is -0.116. The topological polar surface area (TPSA) is 114 Å². The van der Waals surface area contributed by atoms with Gasteiger partial charge in [-0.3, -0.25) is 4.79 Å². The van der Waals surface area contributed by atoms with E-state index in [1.807, 2.05) is 0 Å².